The molecule has 1 aromatic carbocycles. The van der Waals surface area contributed by atoms with E-state index in [0.717, 1.165) is 5.56 Å². The highest BCUT2D eigenvalue weighted by Gasteiger charge is 2.13. The number of pyridine rings is 1. The number of fused-ring (bicyclic) bond motifs is 3. The molecule has 0 unspecified atom stereocenters. The SMILES string of the molecule is C[C@H](c1ccc(F)cc1)n1ccc2c(cnc3ncnn32)c1=O. The van der Waals surface area contributed by atoms with Crippen LogP contribution in [-0.4, -0.2) is 24.1 Å². The Morgan fingerprint density at radius 1 is 1.13 bits per heavy atom. The Bertz CT molecular complexity index is 1070. The summed E-state index contributed by atoms with van der Waals surface area (Å²) in [7, 11) is 0. The molecular weight excluding hydrogens is 297 g/mol. The molecule has 3 aromatic heterocycles. The van der Waals surface area contributed by atoms with Gasteiger partial charge in [-0.15, -0.1) is 0 Å². The lowest BCUT2D eigenvalue weighted by Gasteiger charge is -2.16. The van der Waals surface area contributed by atoms with Crippen molar-refractivity contribution in [2.75, 3.05) is 0 Å². The summed E-state index contributed by atoms with van der Waals surface area (Å²) in [6.07, 6.45) is 4.61. The summed E-state index contributed by atoms with van der Waals surface area (Å²) in [5.41, 5.74) is 1.33. The minimum atomic E-state index is -0.301. The van der Waals surface area contributed by atoms with Crippen molar-refractivity contribution >= 4 is 16.7 Å². The monoisotopic (exact) mass is 309 g/mol. The van der Waals surface area contributed by atoms with Crippen molar-refractivity contribution in [1.82, 2.24) is 24.1 Å². The molecule has 0 spiro atoms. The van der Waals surface area contributed by atoms with E-state index in [4.69, 9.17) is 0 Å². The summed E-state index contributed by atoms with van der Waals surface area (Å²) in [5, 5.41) is 4.54. The normalized spacial score (nSPS) is 12.8. The number of aromatic nitrogens is 5. The average molecular weight is 309 g/mol. The van der Waals surface area contributed by atoms with Crippen LogP contribution in [0.1, 0.15) is 18.5 Å². The molecule has 1 atom stereocenters. The van der Waals surface area contributed by atoms with Crippen molar-refractivity contribution in [3.05, 3.63) is 70.8 Å². The third kappa shape index (κ3) is 2.09. The van der Waals surface area contributed by atoms with Crippen LogP contribution < -0.4 is 5.56 Å². The molecule has 0 fully saturated rings. The van der Waals surface area contributed by atoms with Crippen molar-refractivity contribution in [2.45, 2.75) is 13.0 Å². The van der Waals surface area contributed by atoms with Crippen LogP contribution in [0, 0.1) is 5.82 Å². The maximum atomic E-state index is 13.1. The number of halogens is 1. The molecule has 4 rings (SSSR count). The van der Waals surface area contributed by atoms with Gasteiger partial charge >= 0.3 is 0 Å². The van der Waals surface area contributed by atoms with E-state index in [1.807, 2.05) is 6.92 Å². The highest BCUT2D eigenvalue weighted by atomic mass is 19.1. The van der Waals surface area contributed by atoms with E-state index in [2.05, 4.69) is 15.1 Å². The van der Waals surface area contributed by atoms with Crippen molar-refractivity contribution in [1.29, 1.82) is 0 Å². The molecule has 0 saturated carbocycles. The van der Waals surface area contributed by atoms with Crippen LogP contribution in [0.15, 0.2) is 53.8 Å². The van der Waals surface area contributed by atoms with Crippen LogP contribution in [0.3, 0.4) is 0 Å². The van der Waals surface area contributed by atoms with Crippen molar-refractivity contribution in [3.8, 4) is 0 Å². The molecule has 0 aliphatic heterocycles. The fourth-order valence-electron chi connectivity index (χ4n) is 2.69. The number of rotatable bonds is 2. The summed E-state index contributed by atoms with van der Waals surface area (Å²) in [5.74, 6) is 0.144. The number of benzene rings is 1. The fraction of sp³-hybridized carbons (Fsp3) is 0.125. The highest BCUT2D eigenvalue weighted by molar-refractivity contribution is 5.78. The van der Waals surface area contributed by atoms with E-state index >= 15 is 0 Å². The summed E-state index contributed by atoms with van der Waals surface area (Å²) < 4.78 is 16.2. The first-order chi connectivity index (χ1) is 11.1. The first-order valence-corrected chi connectivity index (χ1v) is 7.10. The molecule has 3 heterocycles. The second-order valence-corrected chi connectivity index (χ2v) is 5.28. The van der Waals surface area contributed by atoms with E-state index in [1.54, 1.807) is 29.0 Å². The summed E-state index contributed by atoms with van der Waals surface area (Å²) in [4.78, 5) is 20.9. The molecule has 0 aliphatic rings. The quantitative estimate of drug-likeness (QED) is 0.569. The molecule has 23 heavy (non-hydrogen) atoms. The predicted molar refractivity (Wildman–Crippen MR) is 82.8 cm³/mol. The van der Waals surface area contributed by atoms with Gasteiger partial charge in [-0.25, -0.2) is 9.37 Å². The van der Waals surface area contributed by atoms with Gasteiger partial charge in [0.25, 0.3) is 11.3 Å². The third-order valence-electron chi connectivity index (χ3n) is 3.97. The van der Waals surface area contributed by atoms with Gasteiger partial charge in [0.1, 0.15) is 12.1 Å². The Hall–Kier alpha value is -3.09. The van der Waals surface area contributed by atoms with E-state index in [-0.39, 0.29) is 17.4 Å². The Balaban J connectivity index is 1.90. The summed E-state index contributed by atoms with van der Waals surface area (Å²) >= 11 is 0. The van der Waals surface area contributed by atoms with Gasteiger partial charge < -0.3 is 4.57 Å². The van der Waals surface area contributed by atoms with Crippen LogP contribution in [0.4, 0.5) is 4.39 Å². The topological polar surface area (TPSA) is 65.1 Å². The largest absolute Gasteiger partial charge is 0.308 e. The van der Waals surface area contributed by atoms with Crippen LogP contribution >= 0.6 is 0 Å². The van der Waals surface area contributed by atoms with E-state index < -0.39 is 0 Å². The van der Waals surface area contributed by atoms with Crippen LogP contribution in [0.2, 0.25) is 0 Å². The van der Waals surface area contributed by atoms with Gasteiger partial charge in [0.05, 0.1) is 16.9 Å². The van der Waals surface area contributed by atoms with Gasteiger partial charge in [0.2, 0.25) is 0 Å². The minimum Gasteiger partial charge on any atom is -0.308 e. The second kappa shape index (κ2) is 4.98. The zero-order valence-corrected chi connectivity index (χ0v) is 12.2. The molecule has 0 N–H and O–H groups in total. The zero-order chi connectivity index (χ0) is 16.0. The summed E-state index contributed by atoms with van der Waals surface area (Å²) in [6, 6.07) is 7.71. The van der Waals surface area contributed by atoms with Gasteiger partial charge in [-0.3, -0.25) is 4.79 Å². The van der Waals surface area contributed by atoms with Crippen LogP contribution in [-0.2, 0) is 0 Å². The maximum Gasteiger partial charge on any atom is 0.262 e. The third-order valence-corrected chi connectivity index (χ3v) is 3.97. The molecule has 0 aliphatic carbocycles. The summed E-state index contributed by atoms with van der Waals surface area (Å²) in [6.45, 7) is 1.89. The molecule has 0 bridgehead atoms. The molecule has 0 radical (unpaired) electrons. The number of hydrogen-bond donors (Lipinski definition) is 0. The number of nitrogens with zero attached hydrogens (tertiary/aromatic N) is 5. The Kier molecular flexibility index (Phi) is 2.94. The number of hydrogen-bond acceptors (Lipinski definition) is 4. The van der Waals surface area contributed by atoms with Crippen molar-refractivity contribution in [2.24, 2.45) is 0 Å². The van der Waals surface area contributed by atoms with Crippen molar-refractivity contribution in [3.63, 3.8) is 0 Å². The second-order valence-electron chi connectivity index (χ2n) is 5.28. The smallest absolute Gasteiger partial charge is 0.262 e. The van der Waals surface area contributed by atoms with E-state index in [1.165, 1.54) is 29.2 Å². The minimum absolute atomic E-state index is 0.177. The zero-order valence-electron chi connectivity index (χ0n) is 12.2. The standard InChI is InChI=1S/C16H12FN5O/c1-10(11-2-4-12(17)5-3-11)21-7-6-14-13(15(21)23)8-18-16-19-9-20-22(14)16/h2-10H,1H3/t10-/m1/s1. The first kappa shape index (κ1) is 13.6. The highest BCUT2D eigenvalue weighted by Crippen LogP contribution is 2.18. The molecule has 114 valence electrons. The van der Waals surface area contributed by atoms with E-state index in [0.29, 0.717) is 16.7 Å². The Labute approximate surface area is 129 Å². The van der Waals surface area contributed by atoms with Gasteiger partial charge in [-0.2, -0.15) is 14.6 Å². The van der Waals surface area contributed by atoms with Crippen molar-refractivity contribution < 1.29 is 4.39 Å². The molecule has 7 heteroatoms. The lowest BCUT2D eigenvalue weighted by Crippen LogP contribution is -2.24. The molecule has 0 amide bonds. The van der Waals surface area contributed by atoms with E-state index in [9.17, 15) is 9.18 Å². The maximum absolute atomic E-state index is 13.1. The van der Waals surface area contributed by atoms with Gasteiger partial charge in [0, 0.05) is 12.4 Å². The molecule has 6 nitrogen and oxygen atoms in total. The average Bonchev–Trinajstić information content (AvgIpc) is 3.04. The van der Waals surface area contributed by atoms with Crippen LogP contribution in [0.25, 0.3) is 16.7 Å². The predicted octanol–water partition coefficient (Wildman–Crippen LogP) is 2.19. The fourth-order valence-corrected chi connectivity index (χ4v) is 2.69. The molecule has 4 aromatic rings. The van der Waals surface area contributed by atoms with Gasteiger partial charge in [-0.05, 0) is 30.7 Å². The molecular formula is C16H12FN5O. The Morgan fingerprint density at radius 2 is 1.91 bits per heavy atom. The first-order valence-electron chi connectivity index (χ1n) is 7.10. The lowest BCUT2D eigenvalue weighted by atomic mass is 10.1. The van der Waals surface area contributed by atoms with Gasteiger partial charge in [-0.1, -0.05) is 12.1 Å². The molecule has 0 saturated heterocycles. The Morgan fingerprint density at radius 3 is 2.70 bits per heavy atom. The lowest BCUT2D eigenvalue weighted by molar-refractivity contribution is 0.606. The van der Waals surface area contributed by atoms with Crippen LogP contribution in [0.5, 0.6) is 0 Å². The van der Waals surface area contributed by atoms with Gasteiger partial charge in [0.15, 0.2) is 0 Å².